The maximum absolute atomic E-state index is 11.8. The summed E-state index contributed by atoms with van der Waals surface area (Å²) in [7, 11) is 1.65. The van der Waals surface area contributed by atoms with Crippen LogP contribution in [-0.4, -0.2) is 39.6 Å². The quantitative estimate of drug-likeness (QED) is 0.702. The molecule has 1 aromatic rings. The number of primary amides is 1. The van der Waals surface area contributed by atoms with Gasteiger partial charge in [0.05, 0.1) is 5.56 Å². The highest BCUT2D eigenvalue weighted by atomic mass is 16.2. The van der Waals surface area contributed by atoms with Crippen LogP contribution in [0.3, 0.4) is 0 Å². The maximum atomic E-state index is 11.8. The lowest BCUT2D eigenvalue weighted by atomic mass is 10.1. The van der Waals surface area contributed by atoms with Crippen molar-refractivity contribution in [2.75, 3.05) is 13.1 Å². The molecule has 6 heteroatoms. The molecule has 1 saturated heterocycles. The number of hydrogen-bond acceptors (Lipinski definition) is 3. The Kier molecular flexibility index (Phi) is 2.18. The highest BCUT2D eigenvalue weighted by Crippen LogP contribution is 2.14. The number of carbonyl (C=O) groups excluding carboxylic acids is 2. The maximum Gasteiger partial charge on any atom is 0.275 e. The highest BCUT2D eigenvalue weighted by Gasteiger charge is 2.27. The number of rotatable bonds is 2. The second kappa shape index (κ2) is 3.38. The lowest BCUT2D eigenvalue weighted by Gasteiger charge is -2.30. The van der Waals surface area contributed by atoms with Gasteiger partial charge in [0.2, 0.25) is 0 Å². The van der Waals surface area contributed by atoms with E-state index in [1.54, 1.807) is 11.9 Å². The van der Waals surface area contributed by atoms with Crippen LogP contribution in [0.25, 0.3) is 0 Å². The molecule has 2 heterocycles. The van der Waals surface area contributed by atoms with Crippen LogP contribution >= 0.6 is 0 Å². The average Bonchev–Trinajstić information content (AvgIpc) is 2.44. The standard InChI is InChI=1S/C9H12N4O2/c1-12-5-6(8(10)14)7(11-12)9(15)13-3-2-4-13/h5H,2-4H2,1H3,(H2,10,14). The Morgan fingerprint density at radius 2 is 2.13 bits per heavy atom. The topological polar surface area (TPSA) is 81.2 Å². The first kappa shape index (κ1) is 9.70. The molecule has 1 aliphatic rings. The van der Waals surface area contributed by atoms with Crippen molar-refractivity contribution in [3.63, 3.8) is 0 Å². The summed E-state index contributed by atoms with van der Waals surface area (Å²) in [5, 5.41) is 3.96. The summed E-state index contributed by atoms with van der Waals surface area (Å²) in [6, 6.07) is 0. The van der Waals surface area contributed by atoms with E-state index in [1.807, 2.05) is 0 Å². The van der Waals surface area contributed by atoms with Crippen LogP contribution in [0.2, 0.25) is 0 Å². The lowest BCUT2D eigenvalue weighted by molar-refractivity contribution is 0.0641. The molecule has 15 heavy (non-hydrogen) atoms. The zero-order valence-corrected chi connectivity index (χ0v) is 8.43. The van der Waals surface area contributed by atoms with Crippen molar-refractivity contribution in [2.24, 2.45) is 12.8 Å². The Labute approximate surface area is 86.6 Å². The predicted octanol–water partition coefficient (Wildman–Crippen LogP) is -0.635. The Bertz CT molecular complexity index is 420. The predicted molar refractivity (Wildman–Crippen MR) is 52.2 cm³/mol. The number of hydrogen-bond donors (Lipinski definition) is 1. The molecule has 0 aromatic carbocycles. The molecule has 2 amide bonds. The second-order valence-corrected chi connectivity index (χ2v) is 3.58. The Hall–Kier alpha value is -1.85. The largest absolute Gasteiger partial charge is 0.365 e. The van der Waals surface area contributed by atoms with E-state index in [1.165, 1.54) is 10.9 Å². The van der Waals surface area contributed by atoms with E-state index in [9.17, 15) is 9.59 Å². The van der Waals surface area contributed by atoms with Gasteiger partial charge in [0, 0.05) is 26.3 Å². The van der Waals surface area contributed by atoms with E-state index < -0.39 is 5.91 Å². The minimum Gasteiger partial charge on any atom is -0.365 e. The van der Waals surface area contributed by atoms with Gasteiger partial charge in [0.25, 0.3) is 11.8 Å². The lowest BCUT2D eigenvalue weighted by Crippen LogP contribution is -2.42. The molecule has 0 aliphatic carbocycles. The number of aryl methyl sites for hydroxylation is 1. The van der Waals surface area contributed by atoms with E-state index >= 15 is 0 Å². The Balaban J connectivity index is 2.33. The van der Waals surface area contributed by atoms with Crippen molar-refractivity contribution in [1.82, 2.24) is 14.7 Å². The van der Waals surface area contributed by atoms with E-state index in [4.69, 9.17) is 5.73 Å². The molecule has 0 atom stereocenters. The van der Waals surface area contributed by atoms with Crippen molar-refractivity contribution in [3.05, 3.63) is 17.5 Å². The number of carbonyl (C=O) groups is 2. The molecular formula is C9H12N4O2. The molecule has 2 N–H and O–H groups in total. The summed E-state index contributed by atoms with van der Waals surface area (Å²) < 4.78 is 1.42. The molecule has 2 rings (SSSR count). The van der Waals surface area contributed by atoms with Crippen LogP contribution < -0.4 is 5.73 Å². The van der Waals surface area contributed by atoms with Crippen LogP contribution in [0.1, 0.15) is 27.3 Å². The normalized spacial score (nSPS) is 14.9. The van der Waals surface area contributed by atoms with E-state index in [0.29, 0.717) is 0 Å². The van der Waals surface area contributed by atoms with Gasteiger partial charge in [-0.15, -0.1) is 0 Å². The molecule has 0 saturated carbocycles. The summed E-state index contributed by atoms with van der Waals surface area (Å²) >= 11 is 0. The van der Waals surface area contributed by atoms with Gasteiger partial charge in [-0.3, -0.25) is 14.3 Å². The van der Waals surface area contributed by atoms with Gasteiger partial charge in [-0.2, -0.15) is 5.10 Å². The van der Waals surface area contributed by atoms with Crippen molar-refractivity contribution in [3.8, 4) is 0 Å². The molecule has 0 unspecified atom stereocenters. The molecular weight excluding hydrogens is 196 g/mol. The van der Waals surface area contributed by atoms with Gasteiger partial charge in [-0.05, 0) is 6.42 Å². The summed E-state index contributed by atoms with van der Waals surface area (Å²) in [6.07, 6.45) is 2.47. The highest BCUT2D eigenvalue weighted by molar-refractivity contribution is 6.05. The fraction of sp³-hybridized carbons (Fsp3) is 0.444. The number of aromatic nitrogens is 2. The third kappa shape index (κ3) is 1.58. The Morgan fingerprint density at radius 3 is 2.60 bits per heavy atom. The summed E-state index contributed by atoms with van der Waals surface area (Å²) in [6.45, 7) is 1.46. The molecule has 1 aliphatic heterocycles. The third-order valence-corrected chi connectivity index (χ3v) is 2.44. The minimum atomic E-state index is -0.619. The second-order valence-electron chi connectivity index (χ2n) is 3.58. The van der Waals surface area contributed by atoms with Crippen LogP contribution in [0.4, 0.5) is 0 Å². The van der Waals surface area contributed by atoms with Crippen molar-refractivity contribution >= 4 is 11.8 Å². The minimum absolute atomic E-state index is 0.157. The summed E-state index contributed by atoms with van der Waals surface area (Å²) in [4.78, 5) is 24.5. The van der Waals surface area contributed by atoms with Crippen molar-refractivity contribution in [1.29, 1.82) is 0 Å². The smallest absolute Gasteiger partial charge is 0.275 e. The average molecular weight is 208 g/mol. The van der Waals surface area contributed by atoms with E-state index in [0.717, 1.165) is 19.5 Å². The van der Waals surface area contributed by atoms with Gasteiger partial charge in [0.15, 0.2) is 5.69 Å². The third-order valence-electron chi connectivity index (χ3n) is 2.44. The van der Waals surface area contributed by atoms with Crippen LogP contribution in [-0.2, 0) is 7.05 Å². The molecule has 1 aromatic heterocycles. The van der Waals surface area contributed by atoms with Crippen LogP contribution in [0, 0.1) is 0 Å². The number of nitrogens with zero attached hydrogens (tertiary/aromatic N) is 3. The van der Waals surface area contributed by atoms with Gasteiger partial charge in [0.1, 0.15) is 0 Å². The van der Waals surface area contributed by atoms with Crippen molar-refractivity contribution < 1.29 is 9.59 Å². The Morgan fingerprint density at radius 1 is 1.47 bits per heavy atom. The van der Waals surface area contributed by atoms with Crippen LogP contribution in [0.15, 0.2) is 6.20 Å². The molecule has 0 radical (unpaired) electrons. The van der Waals surface area contributed by atoms with Gasteiger partial charge >= 0.3 is 0 Å². The SMILES string of the molecule is Cn1cc(C(N)=O)c(C(=O)N2CCC2)n1. The number of nitrogens with two attached hydrogens (primary N) is 1. The summed E-state index contributed by atoms with van der Waals surface area (Å²) in [5.74, 6) is -0.831. The van der Waals surface area contributed by atoms with Gasteiger partial charge < -0.3 is 10.6 Å². The molecule has 6 nitrogen and oxygen atoms in total. The molecule has 80 valence electrons. The van der Waals surface area contributed by atoms with Gasteiger partial charge in [-0.1, -0.05) is 0 Å². The zero-order chi connectivity index (χ0) is 11.0. The van der Waals surface area contributed by atoms with Crippen LogP contribution in [0.5, 0.6) is 0 Å². The first-order valence-electron chi connectivity index (χ1n) is 4.72. The number of amides is 2. The zero-order valence-electron chi connectivity index (χ0n) is 8.43. The number of likely N-dealkylation sites (tertiary alicyclic amines) is 1. The van der Waals surface area contributed by atoms with Crippen molar-refractivity contribution in [2.45, 2.75) is 6.42 Å². The fourth-order valence-corrected chi connectivity index (χ4v) is 1.50. The summed E-state index contributed by atoms with van der Waals surface area (Å²) in [5.41, 5.74) is 5.51. The monoisotopic (exact) mass is 208 g/mol. The first-order valence-corrected chi connectivity index (χ1v) is 4.72. The fourth-order valence-electron chi connectivity index (χ4n) is 1.50. The van der Waals surface area contributed by atoms with E-state index in [2.05, 4.69) is 5.10 Å². The van der Waals surface area contributed by atoms with Gasteiger partial charge in [-0.25, -0.2) is 0 Å². The molecule has 0 bridgehead atoms. The van der Waals surface area contributed by atoms with E-state index in [-0.39, 0.29) is 17.2 Å². The molecule has 1 fully saturated rings. The first-order chi connectivity index (χ1) is 7.09. The molecule has 0 spiro atoms.